The van der Waals surface area contributed by atoms with Crippen LogP contribution < -0.4 is 10.9 Å². The van der Waals surface area contributed by atoms with Crippen molar-refractivity contribution < 1.29 is 14.3 Å². The molecule has 0 aromatic carbocycles. The van der Waals surface area contributed by atoms with Crippen LogP contribution in [0.5, 0.6) is 0 Å². The summed E-state index contributed by atoms with van der Waals surface area (Å²) >= 11 is 1.46. The zero-order valence-electron chi connectivity index (χ0n) is 18.8. The molecule has 0 unspecified atom stereocenters. The van der Waals surface area contributed by atoms with Gasteiger partial charge in [0.25, 0.3) is 5.78 Å². The lowest BCUT2D eigenvalue weighted by Crippen LogP contribution is -2.47. The Kier molecular flexibility index (Phi) is 7.84. The number of thioether (sulfide) groups is 1. The number of hydrazine groups is 1. The molecule has 0 aliphatic carbocycles. The van der Waals surface area contributed by atoms with E-state index in [1.54, 1.807) is 4.52 Å². The molecule has 2 aromatic heterocycles. The first kappa shape index (κ1) is 23.4. The number of aromatic nitrogens is 4. The van der Waals surface area contributed by atoms with Gasteiger partial charge in [0.05, 0.1) is 12.2 Å². The Bertz CT molecular complexity index is 938. The third-order valence-electron chi connectivity index (χ3n) is 5.31. The SMILES string of the molecule is CSc1nc2nc(C)c(CCC(=O)NNC(=O)CCN3C[C@@H](C)O[C@@H](C)C3)c(C)n2n1. The van der Waals surface area contributed by atoms with E-state index < -0.39 is 0 Å². The molecule has 2 amide bonds. The van der Waals surface area contributed by atoms with Crippen LogP contribution in [0.15, 0.2) is 5.16 Å². The molecule has 2 atom stereocenters. The van der Waals surface area contributed by atoms with Crippen molar-refractivity contribution in [1.29, 1.82) is 0 Å². The Morgan fingerprint density at radius 2 is 1.74 bits per heavy atom. The van der Waals surface area contributed by atoms with Crippen molar-refractivity contribution in [3.63, 3.8) is 0 Å². The highest BCUT2D eigenvalue weighted by Crippen LogP contribution is 2.18. The number of amides is 2. The van der Waals surface area contributed by atoms with E-state index in [4.69, 9.17) is 4.74 Å². The Morgan fingerprint density at radius 1 is 1.10 bits per heavy atom. The highest BCUT2D eigenvalue weighted by atomic mass is 32.2. The highest BCUT2D eigenvalue weighted by molar-refractivity contribution is 7.98. The fourth-order valence-corrected chi connectivity index (χ4v) is 4.20. The third kappa shape index (κ3) is 6.14. The monoisotopic (exact) mass is 449 g/mol. The minimum Gasteiger partial charge on any atom is -0.373 e. The Morgan fingerprint density at radius 3 is 2.39 bits per heavy atom. The molecule has 10 nitrogen and oxygen atoms in total. The number of rotatable bonds is 7. The lowest BCUT2D eigenvalue weighted by molar-refractivity contribution is -0.129. The number of fused-ring (bicyclic) bond motifs is 1. The van der Waals surface area contributed by atoms with E-state index in [1.165, 1.54) is 11.8 Å². The van der Waals surface area contributed by atoms with Gasteiger partial charge in [0.2, 0.25) is 17.0 Å². The summed E-state index contributed by atoms with van der Waals surface area (Å²) in [7, 11) is 0. The summed E-state index contributed by atoms with van der Waals surface area (Å²) in [6, 6.07) is 0. The van der Waals surface area contributed by atoms with Crippen LogP contribution in [0.4, 0.5) is 0 Å². The smallest absolute Gasteiger partial charge is 0.253 e. The molecule has 0 saturated carbocycles. The number of aryl methyl sites for hydroxylation is 2. The van der Waals surface area contributed by atoms with Gasteiger partial charge in [-0.25, -0.2) is 9.50 Å². The quantitative estimate of drug-likeness (QED) is 0.476. The molecular formula is C20H31N7O3S. The van der Waals surface area contributed by atoms with E-state index in [0.717, 1.165) is 30.0 Å². The number of morpholine rings is 1. The number of hydrogen-bond acceptors (Lipinski definition) is 8. The zero-order valence-corrected chi connectivity index (χ0v) is 19.6. The van der Waals surface area contributed by atoms with Gasteiger partial charge in [0, 0.05) is 43.9 Å². The first-order chi connectivity index (χ1) is 14.8. The van der Waals surface area contributed by atoms with Crippen molar-refractivity contribution in [3.8, 4) is 0 Å². The maximum Gasteiger partial charge on any atom is 0.253 e. The maximum atomic E-state index is 12.2. The van der Waals surface area contributed by atoms with Crippen molar-refractivity contribution in [3.05, 3.63) is 17.0 Å². The minimum absolute atomic E-state index is 0.164. The minimum atomic E-state index is -0.246. The summed E-state index contributed by atoms with van der Waals surface area (Å²) < 4.78 is 7.41. The van der Waals surface area contributed by atoms with Gasteiger partial charge >= 0.3 is 0 Å². The van der Waals surface area contributed by atoms with Crippen LogP contribution in [0.1, 0.15) is 43.6 Å². The van der Waals surface area contributed by atoms with Crippen LogP contribution >= 0.6 is 11.8 Å². The van der Waals surface area contributed by atoms with Gasteiger partial charge < -0.3 is 4.74 Å². The van der Waals surface area contributed by atoms with Crippen LogP contribution in [0.2, 0.25) is 0 Å². The first-order valence-corrected chi connectivity index (χ1v) is 11.7. The van der Waals surface area contributed by atoms with Crippen LogP contribution in [0.3, 0.4) is 0 Å². The van der Waals surface area contributed by atoms with Gasteiger partial charge in [0.1, 0.15) is 0 Å². The fourth-order valence-electron chi connectivity index (χ4n) is 3.87. The molecule has 3 rings (SSSR count). The number of hydrogen-bond donors (Lipinski definition) is 2. The molecule has 170 valence electrons. The zero-order chi connectivity index (χ0) is 22.5. The van der Waals surface area contributed by atoms with E-state index in [-0.39, 0.29) is 30.4 Å². The lowest BCUT2D eigenvalue weighted by atomic mass is 10.1. The van der Waals surface area contributed by atoms with Crippen molar-refractivity contribution in [2.75, 3.05) is 25.9 Å². The Hall–Kier alpha value is -2.24. The average molecular weight is 450 g/mol. The lowest BCUT2D eigenvalue weighted by Gasteiger charge is -2.35. The summed E-state index contributed by atoms with van der Waals surface area (Å²) in [5.41, 5.74) is 7.72. The summed E-state index contributed by atoms with van der Waals surface area (Å²) in [5, 5.41) is 5.08. The number of nitrogens with zero attached hydrogens (tertiary/aromatic N) is 5. The predicted molar refractivity (Wildman–Crippen MR) is 118 cm³/mol. The molecule has 1 aliphatic heterocycles. The number of ether oxygens (including phenoxy) is 1. The molecule has 3 heterocycles. The number of carbonyl (C=O) groups is 2. The van der Waals surface area contributed by atoms with Crippen LogP contribution in [-0.4, -0.2) is 74.4 Å². The van der Waals surface area contributed by atoms with Crippen LogP contribution in [0, 0.1) is 13.8 Å². The average Bonchev–Trinajstić information content (AvgIpc) is 3.13. The molecule has 11 heteroatoms. The molecule has 0 bridgehead atoms. The Balaban J connectivity index is 1.45. The third-order valence-corrected chi connectivity index (χ3v) is 5.84. The normalized spacial score (nSPS) is 19.5. The topological polar surface area (TPSA) is 114 Å². The summed E-state index contributed by atoms with van der Waals surface area (Å²) in [6.07, 6.45) is 3.30. The van der Waals surface area contributed by atoms with E-state index in [2.05, 4.69) is 30.8 Å². The van der Waals surface area contributed by atoms with Gasteiger partial charge in [-0.1, -0.05) is 11.8 Å². The molecule has 1 aliphatic rings. The molecule has 0 radical (unpaired) electrons. The van der Waals surface area contributed by atoms with Crippen molar-refractivity contribution in [2.24, 2.45) is 0 Å². The van der Waals surface area contributed by atoms with E-state index in [9.17, 15) is 9.59 Å². The predicted octanol–water partition coefficient (Wildman–Crippen LogP) is 1.04. The molecule has 2 N–H and O–H groups in total. The molecule has 31 heavy (non-hydrogen) atoms. The van der Waals surface area contributed by atoms with Gasteiger partial charge in [-0.2, -0.15) is 4.98 Å². The number of nitrogens with one attached hydrogen (secondary N) is 2. The largest absolute Gasteiger partial charge is 0.373 e. The number of carbonyl (C=O) groups excluding carboxylic acids is 2. The molecule has 1 saturated heterocycles. The van der Waals surface area contributed by atoms with Gasteiger partial charge in [0.15, 0.2) is 0 Å². The fraction of sp³-hybridized carbons (Fsp3) is 0.650. The second-order valence-corrected chi connectivity index (χ2v) is 8.71. The second-order valence-electron chi connectivity index (χ2n) is 7.93. The van der Waals surface area contributed by atoms with E-state index in [0.29, 0.717) is 30.3 Å². The van der Waals surface area contributed by atoms with E-state index >= 15 is 0 Å². The first-order valence-electron chi connectivity index (χ1n) is 10.5. The van der Waals surface area contributed by atoms with E-state index in [1.807, 2.05) is 34.0 Å². The van der Waals surface area contributed by atoms with Crippen molar-refractivity contribution in [2.45, 2.75) is 64.3 Å². The van der Waals surface area contributed by atoms with Crippen LogP contribution in [-0.2, 0) is 20.7 Å². The van der Waals surface area contributed by atoms with Gasteiger partial charge in [-0.3, -0.25) is 25.3 Å². The van der Waals surface area contributed by atoms with Crippen molar-refractivity contribution in [1.82, 2.24) is 35.3 Å². The van der Waals surface area contributed by atoms with Gasteiger partial charge in [-0.15, -0.1) is 5.10 Å². The van der Waals surface area contributed by atoms with Crippen molar-refractivity contribution >= 4 is 29.4 Å². The molecule has 0 spiro atoms. The highest BCUT2D eigenvalue weighted by Gasteiger charge is 2.22. The summed E-state index contributed by atoms with van der Waals surface area (Å²) in [6.45, 7) is 10.2. The molecule has 2 aromatic rings. The van der Waals surface area contributed by atoms with Crippen LogP contribution in [0.25, 0.3) is 5.78 Å². The summed E-state index contributed by atoms with van der Waals surface area (Å²) in [5.74, 6) is 0.107. The Labute approximate surface area is 186 Å². The maximum absolute atomic E-state index is 12.2. The van der Waals surface area contributed by atoms with Gasteiger partial charge in [-0.05, 0) is 45.9 Å². The molecule has 1 fully saturated rings. The standard InChI is InChI=1S/C20H31N7O3S/c1-12-10-26(11-13(2)30-12)9-8-18(29)24-23-17(28)7-6-16-14(3)21-19-22-20(31-5)25-27(19)15(16)4/h12-13H,6-11H2,1-5H3,(H,23,28)(H,24,29)/t12-,13+. The molecular weight excluding hydrogens is 418 g/mol. The second kappa shape index (κ2) is 10.4. The summed E-state index contributed by atoms with van der Waals surface area (Å²) in [4.78, 5) is 35.4.